The summed E-state index contributed by atoms with van der Waals surface area (Å²) >= 11 is 0. The van der Waals surface area contributed by atoms with Crippen LogP contribution in [0.4, 0.5) is 17.3 Å². The SMILES string of the molecule is O=C(COC(=O)c1ccc([N+](=O)[O-])o1)Nc1ccccc1[N+](=O)[O-]. The highest BCUT2D eigenvalue weighted by Gasteiger charge is 2.20. The third-order valence-electron chi connectivity index (χ3n) is 2.68. The molecule has 24 heavy (non-hydrogen) atoms. The Balaban J connectivity index is 1.94. The van der Waals surface area contributed by atoms with E-state index in [-0.39, 0.29) is 11.4 Å². The second-order valence-electron chi connectivity index (χ2n) is 4.29. The van der Waals surface area contributed by atoms with Crippen molar-refractivity contribution in [3.8, 4) is 0 Å². The molecule has 1 aromatic heterocycles. The van der Waals surface area contributed by atoms with E-state index in [1.807, 2.05) is 0 Å². The summed E-state index contributed by atoms with van der Waals surface area (Å²) in [6.07, 6.45) is 0. The Kier molecular flexibility index (Phi) is 4.84. The van der Waals surface area contributed by atoms with Crippen LogP contribution >= 0.6 is 0 Å². The number of amides is 1. The molecule has 11 heteroatoms. The lowest BCUT2D eigenvalue weighted by Gasteiger charge is -2.06. The van der Waals surface area contributed by atoms with Gasteiger partial charge in [-0.05, 0) is 12.1 Å². The Hall–Kier alpha value is -3.76. The summed E-state index contributed by atoms with van der Waals surface area (Å²) in [5, 5.41) is 23.5. The average molecular weight is 335 g/mol. The van der Waals surface area contributed by atoms with Gasteiger partial charge in [0.15, 0.2) is 6.61 Å². The van der Waals surface area contributed by atoms with Gasteiger partial charge in [0.25, 0.3) is 11.6 Å². The van der Waals surface area contributed by atoms with Crippen LogP contribution in [0.3, 0.4) is 0 Å². The Labute approximate surface area is 133 Å². The second-order valence-corrected chi connectivity index (χ2v) is 4.29. The van der Waals surface area contributed by atoms with Gasteiger partial charge in [0.1, 0.15) is 10.6 Å². The molecule has 1 aromatic carbocycles. The van der Waals surface area contributed by atoms with Crippen molar-refractivity contribution in [3.63, 3.8) is 0 Å². The fourth-order valence-electron chi connectivity index (χ4n) is 1.66. The number of esters is 1. The van der Waals surface area contributed by atoms with E-state index >= 15 is 0 Å². The molecular weight excluding hydrogens is 326 g/mol. The number of para-hydroxylation sites is 2. The van der Waals surface area contributed by atoms with Gasteiger partial charge in [0.05, 0.1) is 11.0 Å². The van der Waals surface area contributed by atoms with Gasteiger partial charge in [-0.25, -0.2) is 4.79 Å². The summed E-state index contributed by atoms with van der Waals surface area (Å²) < 4.78 is 9.23. The number of nitro benzene ring substituents is 1. The lowest BCUT2D eigenvalue weighted by atomic mass is 10.2. The van der Waals surface area contributed by atoms with Crippen molar-refractivity contribution in [1.29, 1.82) is 0 Å². The first-order valence-electron chi connectivity index (χ1n) is 6.33. The Morgan fingerprint density at radius 1 is 1.08 bits per heavy atom. The maximum atomic E-state index is 11.7. The van der Waals surface area contributed by atoms with Crippen LogP contribution < -0.4 is 5.32 Å². The summed E-state index contributed by atoms with van der Waals surface area (Å²) in [6, 6.07) is 7.41. The predicted octanol–water partition coefficient (Wildman–Crippen LogP) is 1.89. The molecule has 0 fully saturated rings. The number of carbonyl (C=O) groups excluding carboxylic acids is 2. The summed E-state index contributed by atoms with van der Waals surface area (Å²) in [7, 11) is 0. The molecule has 0 atom stereocenters. The number of anilines is 1. The third kappa shape index (κ3) is 3.91. The van der Waals surface area contributed by atoms with Crippen molar-refractivity contribution >= 4 is 29.1 Å². The first kappa shape index (κ1) is 16.6. The minimum atomic E-state index is -1.08. The zero-order valence-electron chi connectivity index (χ0n) is 11.8. The molecule has 2 aromatic rings. The molecule has 0 saturated heterocycles. The number of nitro groups is 2. The summed E-state index contributed by atoms with van der Waals surface area (Å²) in [5.41, 5.74) is -0.379. The molecule has 0 aliphatic carbocycles. The molecule has 0 aliphatic rings. The fourth-order valence-corrected chi connectivity index (χ4v) is 1.66. The van der Waals surface area contributed by atoms with Gasteiger partial charge in [-0.2, -0.15) is 0 Å². The number of hydrogen-bond acceptors (Lipinski definition) is 8. The summed E-state index contributed by atoms with van der Waals surface area (Å²) in [5.74, 6) is -2.99. The van der Waals surface area contributed by atoms with Crippen LogP contribution in [0.15, 0.2) is 40.8 Å². The molecule has 1 N–H and O–H groups in total. The molecule has 0 unspecified atom stereocenters. The number of nitrogens with one attached hydrogen (secondary N) is 1. The van der Waals surface area contributed by atoms with Gasteiger partial charge < -0.3 is 14.5 Å². The molecule has 0 radical (unpaired) electrons. The van der Waals surface area contributed by atoms with E-state index in [0.29, 0.717) is 0 Å². The molecule has 124 valence electrons. The quantitative estimate of drug-likeness (QED) is 0.476. The number of nitrogens with zero attached hydrogens (tertiary/aromatic N) is 2. The first-order chi connectivity index (χ1) is 11.4. The van der Waals surface area contributed by atoms with Crippen LogP contribution in [0.25, 0.3) is 0 Å². The topological polar surface area (TPSA) is 155 Å². The van der Waals surface area contributed by atoms with Crippen molar-refractivity contribution < 1.29 is 28.6 Å². The van der Waals surface area contributed by atoms with E-state index in [2.05, 4.69) is 14.5 Å². The second kappa shape index (κ2) is 7.00. The molecule has 11 nitrogen and oxygen atoms in total. The van der Waals surface area contributed by atoms with Crippen molar-refractivity contribution in [1.82, 2.24) is 0 Å². The summed E-state index contributed by atoms with van der Waals surface area (Å²) in [4.78, 5) is 43.0. The number of ether oxygens (including phenoxy) is 1. The van der Waals surface area contributed by atoms with Gasteiger partial charge in [-0.1, -0.05) is 12.1 Å². The van der Waals surface area contributed by atoms with Crippen molar-refractivity contribution in [3.05, 3.63) is 62.4 Å². The molecule has 0 bridgehead atoms. The monoisotopic (exact) mass is 335 g/mol. The van der Waals surface area contributed by atoms with Crippen LogP contribution in [-0.2, 0) is 9.53 Å². The number of hydrogen-bond donors (Lipinski definition) is 1. The van der Waals surface area contributed by atoms with Crippen LogP contribution in [-0.4, -0.2) is 28.3 Å². The van der Waals surface area contributed by atoms with E-state index in [1.54, 1.807) is 0 Å². The molecule has 0 spiro atoms. The minimum Gasteiger partial charge on any atom is -0.450 e. The van der Waals surface area contributed by atoms with E-state index in [1.165, 1.54) is 24.3 Å². The number of rotatable bonds is 6. The van der Waals surface area contributed by atoms with E-state index in [9.17, 15) is 29.8 Å². The molecule has 0 saturated carbocycles. The van der Waals surface area contributed by atoms with Gasteiger partial charge in [0, 0.05) is 6.07 Å². The Morgan fingerprint density at radius 3 is 2.42 bits per heavy atom. The van der Waals surface area contributed by atoms with E-state index < -0.39 is 40.0 Å². The van der Waals surface area contributed by atoms with E-state index in [4.69, 9.17) is 0 Å². The lowest BCUT2D eigenvalue weighted by Crippen LogP contribution is -2.21. The minimum absolute atomic E-state index is 0.0582. The lowest BCUT2D eigenvalue weighted by molar-refractivity contribution is -0.402. The highest BCUT2D eigenvalue weighted by Crippen LogP contribution is 2.23. The molecule has 2 rings (SSSR count). The number of carbonyl (C=O) groups is 2. The summed E-state index contributed by atoms with van der Waals surface area (Å²) in [6.45, 7) is -0.751. The molecule has 0 aliphatic heterocycles. The maximum absolute atomic E-state index is 11.7. The number of benzene rings is 1. The van der Waals surface area contributed by atoms with Crippen molar-refractivity contribution in [2.75, 3.05) is 11.9 Å². The normalized spacial score (nSPS) is 10.0. The van der Waals surface area contributed by atoms with Crippen LogP contribution in [0.1, 0.15) is 10.6 Å². The van der Waals surface area contributed by atoms with Gasteiger partial charge in [0.2, 0.25) is 5.76 Å². The van der Waals surface area contributed by atoms with Crippen molar-refractivity contribution in [2.45, 2.75) is 0 Å². The zero-order chi connectivity index (χ0) is 17.7. The molecule has 1 amide bonds. The Bertz CT molecular complexity index is 813. The average Bonchev–Trinajstić information content (AvgIpc) is 3.03. The predicted molar refractivity (Wildman–Crippen MR) is 77.4 cm³/mol. The highest BCUT2D eigenvalue weighted by molar-refractivity contribution is 5.96. The van der Waals surface area contributed by atoms with Gasteiger partial charge in [-0.15, -0.1) is 0 Å². The van der Waals surface area contributed by atoms with Crippen LogP contribution in [0.5, 0.6) is 0 Å². The first-order valence-corrected chi connectivity index (χ1v) is 6.33. The van der Waals surface area contributed by atoms with E-state index in [0.717, 1.165) is 12.1 Å². The van der Waals surface area contributed by atoms with Crippen LogP contribution in [0, 0.1) is 20.2 Å². The zero-order valence-corrected chi connectivity index (χ0v) is 11.8. The third-order valence-corrected chi connectivity index (χ3v) is 2.68. The maximum Gasteiger partial charge on any atom is 0.433 e. The molecule has 1 heterocycles. The number of furan rings is 1. The van der Waals surface area contributed by atoms with Crippen LogP contribution in [0.2, 0.25) is 0 Å². The van der Waals surface area contributed by atoms with Gasteiger partial charge in [-0.3, -0.25) is 25.0 Å². The molecular formula is C13H9N3O8. The highest BCUT2D eigenvalue weighted by atomic mass is 16.7. The Morgan fingerprint density at radius 2 is 1.79 bits per heavy atom. The fraction of sp³-hybridized carbons (Fsp3) is 0.0769. The largest absolute Gasteiger partial charge is 0.450 e. The van der Waals surface area contributed by atoms with Crippen molar-refractivity contribution in [2.24, 2.45) is 0 Å². The van der Waals surface area contributed by atoms with Gasteiger partial charge >= 0.3 is 11.9 Å². The standard InChI is InChI=1S/C13H9N3O8/c17-11(14-8-3-1-2-4-9(8)15(19)20)7-23-13(18)10-5-6-12(24-10)16(21)22/h1-6H,7H2,(H,14,17). The smallest absolute Gasteiger partial charge is 0.433 e.